The molecule has 1 saturated carbocycles. The topological polar surface area (TPSA) is 38.8 Å². The summed E-state index contributed by atoms with van der Waals surface area (Å²) in [7, 11) is 0. The summed E-state index contributed by atoms with van der Waals surface area (Å²) in [6, 6.07) is 0. The van der Waals surface area contributed by atoms with Crippen LogP contribution in [-0.2, 0) is 14.3 Å². The lowest BCUT2D eigenvalue weighted by atomic mass is 9.95. The van der Waals surface area contributed by atoms with Gasteiger partial charge in [0, 0.05) is 6.08 Å². The highest BCUT2D eigenvalue weighted by molar-refractivity contribution is 5.83. The van der Waals surface area contributed by atoms with Gasteiger partial charge < -0.3 is 9.47 Å². The Hall–Kier alpha value is -0.830. The van der Waals surface area contributed by atoms with Crippen LogP contribution >= 0.6 is 0 Å². The van der Waals surface area contributed by atoms with E-state index >= 15 is 0 Å². The molecule has 0 radical (unpaired) electrons. The highest BCUT2D eigenvalue weighted by atomic mass is 16.6. The van der Waals surface area contributed by atoms with Crippen molar-refractivity contribution in [2.75, 3.05) is 6.61 Å². The van der Waals surface area contributed by atoms with Gasteiger partial charge in [-0.2, -0.15) is 0 Å². The van der Waals surface area contributed by atoms with Crippen LogP contribution in [0.2, 0.25) is 0 Å². The zero-order valence-corrected chi connectivity index (χ0v) is 7.79. The van der Waals surface area contributed by atoms with Gasteiger partial charge in [-0.3, -0.25) is 0 Å². The summed E-state index contributed by atoms with van der Waals surface area (Å²) in [5, 5.41) is 0. The Morgan fingerprint density at radius 3 is 3.38 bits per heavy atom. The van der Waals surface area contributed by atoms with E-state index in [0.29, 0.717) is 12.7 Å². The SMILES string of the molecule is CCOC(=O)/C=C1/CCC[C@H]2O[C@@H]12. The zero-order chi connectivity index (χ0) is 9.26. The second kappa shape index (κ2) is 3.50. The van der Waals surface area contributed by atoms with Crippen molar-refractivity contribution in [1.29, 1.82) is 0 Å². The normalized spacial score (nSPS) is 34.1. The summed E-state index contributed by atoms with van der Waals surface area (Å²) in [6.45, 7) is 2.26. The maximum absolute atomic E-state index is 11.1. The quantitative estimate of drug-likeness (QED) is 0.368. The van der Waals surface area contributed by atoms with Crippen molar-refractivity contribution in [2.24, 2.45) is 0 Å². The van der Waals surface area contributed by atoms with E-state index in [1.807, 2.05) is 6.92 Å². The Labute approximate surface area is 77.7 Å². The molecule has 0 spiro atoms. The van der Waals surface area contributed by atoms with E-state index in [9.17, 15) is 4.79 Å². The Morgan fingerprint density at radius 2 is 2.62 bits per heavy atom. The molecule has 1 saturated heterocycles. The third kappa shape index (κ3) is 1.91. The van der Waals surface area contributed by atoms with Gasteiger partial charge in [-0.05, 0) is 31.8 Å². The summed E-state index contributed by atoms with van der Waals surface area (Å²) >= 11 is 0. The average Bonchev–Trinajstić information content (AvgIpc) is 2.84. The molecule has 2 atom stereocenters. The van der Waals surface area contributed by atoms with Crippen LogP contribution in [0.5, 0.6) is 0 Å². The summed E-state index contributed by atoms with van der Waals surface area (Å²) in [4.78, 5) is 11.1. The number of hydrogen-bond acceptors (Lipinski definition) is 3. The summed E-state index contributed by atoms with van der Waals surface area (Å²) in [5.41, 5.74) is 1.12. The van der Waals surface area contributed by atoms with Crippen LogP contribution in [0.1, 0.15) is 26.2 Å². The van der Waals surface area contributed by atoms with Gasteiger partial charge in [-0.15, -0.1) is 0 Å². The van der Waals surface area contributed by atoms with Gasteiger partial charge in [0.15, 0.2) is 0 Å². The third-order valence-corrected chi connectivity index (χ3v) is 2.49. The van der Waals surface area contributed by atoms with E-state index in [2.05, 4.69) is 0 Å². The molecule has 2 fully saturated rings. The number of esters is 1. The second-order valence-corrected chi connectivity index (χ2v) is 3.46. The molecule has 0 N–H and O–H groups in total. The standard InChI is InChI=1S/C10H14O3/c1-2-12-9(11)6-7-4-3-5-8-10(7)13-8/h6,8,10H,2-5H2,1H3/b7-6-/t8-,10+/m1/s1. The molecule has 3 nitrogen and oxygen atoms in total. The predicted molar refractivity (Wildman–Crippen MR) is 47.2 cm³/mol. The average molecular weight is 182 g/mol. The minimum absolute atomic E-state index is 0.228. The maximum Gasteiger partial charge on any atom is 0.330 e. The number of epoxide rings is 1. The van der Waals surface area contributed by atoms with E-state index < -0.39 is 0 Å². The molecule has 1 aliphatic heterocycles. The summed E-state index contributed by atoms with van der Waals surface area (Å²) < 4.78 is 10.2. The molecule has 0 bridgehead atoms. The van der Waals surface area contributed by atoms with Gasteiger partial charge in [0.1, 0.15) is 6.10 Å². The highest BCUT2D eigenvalue weighted by Crippen LogP contribution is 2.40. The predicted octanol–water partition coefficient (Wildman–Crippen LogP) is 1.43. The van der Waals surface area contributed by atoms with Crippen molar-refractivity contribution < 1.29 is 14.3 Å². The molecular formula is C10H14O3. The van der Waals surface area contributed by atoms with Crippen molar-refractivity contribution in [3.8, 4) is 0 Å². The van der Waals surface area contributed by atoms with E-state index in [4.69, 9.17) is 9.47 Å². The lowest BCUT2D eigenvalue weighted by Gasteiger charge is -2.08. The first-order valence-corrected chi connectivity index (χ1v) is 4.84. The molecule has 0 aromatic rings. The number of fused-ring (bicyclic) bond motifs is 1. The molecule has 3 heteroatoms. The minimum atomic E-state index is -0.228. The summed E-state index contributed by atoms with van der Waals surface area (Å²) in [5.74, 6) is -0.228. The maximum atomic E-state index is 11.1. The van der Waals surface area contributed by atoms with Crippen LogP contribution in [0.3, 0.4) is 0 Å². The third-order valence-electron chi connectivity index (χ3n) is 2.49. The minimum Gasteiger partial charge on any atom is -0.463 e. The van der Waals surface area contributed by atoms with E-state index in [0.717, 1.165) is 24.8 Å². The van der Waals surface area contributed by atoms with Crippen LogP contribution in [0.25, 0.3) is 0 Å². The van der Waals surface area contributed by atoms with E-state index in [-0.39, 0.29) is 12.1 Å². The lowest BCUT2D eigenvalue weighted by Crippen LogP contribution is -2.09. The zero-order valence-electron chi connectivity index (χ0n) is 7.79. The first kappa shape index (κ1) is 8.75. The fourth-order valence-corrected chi connectivity index (χ4v) is 1.83. The van der Waals surface area contributed by atoms with Crippen molar-refractivity contribution in [3.63, 3.8) is 0 Å². The largest absolute Gasteiger partial charge is 0.463 e. The molecule has 2 rings (SSSR count). The molecule has 0 aromatic heterocycles. The number of hydrogen-bond donors (Lipinski definition) is 0. The van der Waals surface area contributed by atoms with Crippen LogP contribution in [-0.4, -0.2) is 24.8 Å². The fourth-order valence-electron chi connectivity index (χ4n) is 1.83. The number of carbonyl (C=O) groups is 1. The van der Waals surface area contributed by atoms with E-state index in [1.54, 1.807) is 6.08 Å². The van der Waals surface area contributed by atoms with Gasteiger partial charge >= 0.3 is 5.97 Å². The van der Waals surface area contributed by atoms with Crippen LogP contribution in [0.15, 0.2) is 11.6 Å². The summed E-state index contributed by atoms with van der Waals surface area (Å²) in [6.07, 6.45) is 5.50. The molecule has 0 unspecified atom stereocenters. The molecule has 13 heavy (non-hydrogen) atoms. The van der Waals surface area contributed by atoms with Crippen LogP contribution in [0, 0.1) is 0 Å². The Kier molecular flexibility index (Phi) is 2.36. The Morgan fingerprint density at radius 1 is 1.77 bits per heavy atom. The Bertz CT molecular complexity index is 245. The molecule has 1 heterocycles. The monoisotopic (exact) mass is 182 g/mol. The number of rotatable bonds is 2. The van der Waals surface area contributed by atoms with Gasteiger partial charge in [0.05, 0.1) is 12.7 Å². The number of carbonyl (C=O) groups excluding carboxylic acids is 1. The molecule has 1 aliphatic carbocycles. The molecule has 0 amide bonds. The van der Waals surface area contributed by atoms with Gasteiger partial charge in [0.25, 0.3) is 0 Å². The Balaban J connectivity index is 1.95. The number of ether oxygens (including phenoxy) is 2. The van der Waals surface area contributed by atoms with Gasteiger partial charge in [-0.1, -0.05) is 0 Å². The smallest absolute Gasteiger partial charge is 0.330 e. The van der Waals surface area contributed by atoms with Crippen LogP contribution < -0.4 is 0 Å². The van der Waals surface area contributed by atoms with Crippen molar-refractivity contribution >= 4 is 5.97 Å². The highest BCUT2D eigenvalue weighted by Gasteiger charge is 2.43. The lowest BCUT2D eigenvalue weighted by molar-refractivity contribution is -0.137. The van der Waals surface area contributed by atoms with Gasteiger partial charge in [0.2, 0.25) is 0 Å². The first-order valence-electron chi connectivity index (χ1n) is 4.84. The van der Waals surface area contributed by atoms with Crippen LogP contribution in [0.4, 0.5) is 0 Å². The molecule has 0 aromatic carbocycles. The first-order chi connectivity index (χ1) is 6.31. The molecule has 72 valence electrons. The molecular weight excluding hydrogens is 168 g/mol. The fraction of sp³-hybridized carbons (Fsp3) is 0.700. The van der Waals surface area contributed by atoms with Crippen molar-refractivity contribution in [3.05, 3.63) is 11.6 Å². The second-order valence-electron chi connectivity index (χ2n) is 3.46. The van der Waals surface area contributed by atoms with Crippen molar-refractivity contribution in [1.82, 2.24) is 0 Å². The van der Waals surface area contributed by atoms with Crippen molar-refractivity contribution in [2.45, 2.75) is 38.4 Å². The van der Waals surface area contributed by atoms with E-state index in [1.165, 1.54) is 0 Å². The molecule has 2 aliphatic rings. The van der Waals surface area contributed by atoms with Gasteiger partial charge in [-0.25, -0.2) is 4.79 Å².